The molecular formula is C13H8ClNO2. The molecule has 0 saturated carbocycles. The average Bonchev–Trinajstić information content (AvgIpc) is 2.90. The summed E-state index contributed by atoms with van der Waals surface area (Å²) in [6.45, 7) is 0. The summed E-state index contributed by atoms with van der Waals surface area (Å²) in [5.41, 5.74) is 2.15. The number of hydrogen-bond donors (Lipinski definition) is 1. The largest absolute Gasteiger partial charge is 0.465 e. The highest BCUT2D eigenvalue weighted by molar-refractivity contribution is 6.36. The SMILES string of the molecule is O=C1Nc2ccc(Cl)cc2C1=Cc1ccco1. The van der Waals surface area contributed by atoms with Crippen molar-refractivity contribution < 1.29 is 9.21 Å². The standard InChI is InChI=1S/C13H8ClNO2/c14-8-3-4-12-10(6-8)11(13(16)15-12)7-9-2-1-5-17-9/h1-7H,(H,15,16). The van der Waals surface area contributed by atoms with Crippen molar-refractivity contribution >= 4 is 34.8 Å². The Kier molecular flexibility index (Phi) is 2.27. The number of carbonyl (C=O) groups is 1. The number of nitrogens with one attached hydrogen (secondary N) is 1. The van der Waals surface area contributed by atoms with E-state index in [1.54, 1.807) is 42.7 Å². The zero-order valence-corrected chi connectivity index (χ0v) is 9.49. The fourth-order valence-corrected chi connectivity index (χ4v) is 1.99. The first-order valence-corrected chi connectivity index (χ1v) is 5.48. The Morgan fingerprint density at radius 1 is 1.29 bits per heavy atom. The number of rotatable bonds is 1. The monoisotopic (exact) mass is 245 g/mol. The second-order valence-electron chi connectivity index (χ2n) is 3.72. The first-order chi connectivity index (χ1) is 8.24. The number of anilines is 1. The van der Waals surface area contributed by atoms with Gasteiger partial charge in [-0.05, 0) is 36.4 Å². The summed E-state index contributed by atoms with van der Waals surface area (Å²) in [4.78, 5) is 11.8. The number of benzene rings is 1. The van der Waals surface area contributed by atoms with Crippen LogP contribution in [0.3, 0.4) is 0 Å². The van der Waals surface area contributed by atoms with Crippen molar-refractivity contribution in [3.63, 3.8) is 0 Å². The predicted molar refractivity (Wildman–Crippen MR) is 66.7 cm³/mol. The number of amides is 1. The van der Waals surface area contributed by atoms with E-state index in [9.17, 15) is 4.79 Å². The van der Waals surface area contributed by atoms with Gasteiger partial charge in [0.05, 0.1) is 11.8 Å². The fraction of sp³-hybridized carbons (Fsp3) is 0. The molecule has 1 aliphatic heterocycles. The van der Waals surface area contributed by atoms with Gasteiger partial charge < -0.3 is 9.73 Å². The van der Waals surface area contributed by atoms with Crippen molar-refractivity contribution in [2.45, 2.75) is 0 Å². The van der Waals surface area contributed by atoms with Crippen LogP contribution in [0.2, 0.25) is 5.02 Å². The normalized spacial score (nSPS) is 16.1. The molecule has 0 saturated heterocycles. The van der Waals surface area contributed by atoms with E-state index in [-0.39, 0.29) is 5.91 Å². The molecule has 17 heavy (non-hydrogen) atoms. The van der Waals surface area contributed by atoms with E-state index in [1.807, 2.05) is 0 Å². The summed E-state index contributed by atoms with van der Waals surface area (Å²) in [7, 11) is 0. The predicted octanol–water partition coefficient (Wildman–Crippen LogP) is 3.43. The summed E-state index contributed by atoms with van der Waals surface area (Å²) in [5, 5.41) is 3.38. The van der Waals surface area contributed by atoms with Gasteiger partial charge in [0.15, 0.2) is 0 Å². The summed E-state index contributed by atoms with van der Waals surface area (Å²) in [6, 6.07) is 8.87. The summed E-state index contributed by atoms with van der Waals surface area (Å²) < 4.78 is 5.20. The van der Waals surface area contributed by atoms with Crippen LogP contribution in [0, 0.1) is 0 Å². The number of furan rings is 1. The highest BCUT2D eigenvalue weighted by atomic mass is 35.5. The highest BCUT2D eigenvalue weighted by Crippen LogP contribution is 2.34. The molecule has 1 aromatic heterocycles. The molecule has 1 amide bonds. The van der Waals surface area contributed by atoms with E-state index in [0.29, 0.717) is 16.4 Å². The van der Waals surface area contributed by atoms with Crippen LogP contribution in [-0.2, 0) is 4.79 Å². The Hall–Kier alpha value is -2.00. The third kappa shape index (κ3) is 1.74. The lowest BCUT2D eigenvalue weighted by atomic mass is 10.1. The van der Waals surface area contributed by atoms with Crippen molar-refractivity contribution in [1.29, 1.82) is 0 Å². The van der Waals surface area contributed by atoms with Gasteiger partial charge in [-0.2, -0.15) is 0 Å². The molecule has 1 N–H and O–H groups in total. The minimum Gasteiger partial charge on any atom is -0.465 e. The summed E-state index contributed by atoms with van der Waals surface area (Å²) >= 11 is 5.93. The second-order valence-corrected chi connectivity index (χ2v) is 4.15. The van der Waals surface area contributed by atoms with Gasteiger partial charge in [-0.15, -0.1) is 0 Å². The molecule has 84 valence electrons. The van der Waals surface area contributed by atoms with Gasteiger partial charge in [-0.3, -0.25) is 4.79 Å². The molecule has 0 fully saturated rings. The zero-order valence-electron chi connectivity index (χ0n) is 8.74. The van der Waals surface area contributed by atoms with Crippen molar-refractivity contribution in [3.05, 3.63) is 52.9 Å². The van der Waals surface area contributed by atoms with E-state index in [2.05, 4.69) is 5.32 Å². The van der Waals surface area contributed by atoms with Crippen LogP contribution in [0.15, 0.2) is 41.0 Å². The number of fused-ring (bicyclic) bond motifs is 1. The van der Waals surface area contributed by atoms with Crippen molar-refractivity contribution in [3.8, 4) is 0 Å². The van der Waals surface area contributed by atoms with Gasteiger partial charge in [-0.1, -0.05) is 11.6 Å². The highest BCUT2D eigenvalue weighted by Gasteiger charge is 2.24. The minimum atomic E-state index is -0.140. The minimum absolute atomic E-state index is 0.140. The summed E-state index contributed by atoms with van der Waals surface area (Å²) in [5.74, 6) is 0.502. The van der Waals surface area contributed by atoms with E-state index in [1.165, 1.54) is 0 Å². The van der Waals surface area contributed by atoms with Gasteiger partial charge in [0.25, 0.3) is 5.91 Å². The van der Waals surface area contributed by atoms with Crippen LogP contribution >= 0.6 is 11.6 Å². The van der Waals surface area contributed by atoms with Crippen LogP contribution < -0.4 is 5.32 Å². The first kappa shape index (κ1) is 10.2. The Morgan fingerprint density at radius 2 is 2.18 bits per heavy atom. The average molecular weight is 246 g/mol. The van der Waals surface area contributed by atoms with E-state index < -0.39 is 0 Å². The van der Waals surface area contributed by atoms with Gasteiger partial charge >= 0.3 is 0 Å². The first-order valence-electron chi connectivity index (χ1n) is 5.10. The van der Waals surface area contributed by atoms with Crippen LogP contribution in [0.1, 0.15) is 11.3 Å². The molecule has 2 heterocycles. The maximum Gasteiger partial charge on any atom is 0.256 e. The molecule has 0 unspecified atom stereocenters. The zero-order chi connectivity index (χ0) is 11.8. The van der Waals surface area contributed by atoms with E-state index in [0.717, 1.165) is 11.3 Å². The molecule has 3 nitrogen and oxygen atoms in total. The van der Waals surface area contributed by atoms with Gasteiger partial charge in [0.2, 0.25) is 0 Å². The topological polar surface area (TPSA) is 42.2 Å². The van der Waals surface area contributed by atoms with Gasteiger partial charge in [-0.25, -0.2) is 0 Å². The van der Waals surface area contributed by atoms with Crippen LogP contribution in [-0.4, -0.2) is 5.91 Å². The molecule has 0 aliphatic carbocycles. The van der Waals surface area contributed by atoms with E-state index >= 15 is 0 Å². The van der Waals surface area contributed by atoms with Gasteiger partial charge in [0.1, 0.15) is 5.76 Å². The van der Waals surface area contributed by atoms with Crippen molar-refractivity contribution in [2.75, 3.05) is 5.32 Å². The second kappa shape index (κ2) is 3.79. The third-order valence-corrected chi connectivity index (χ3v) is 2.83. The Morgan fingerprint density at radius 3 is 2.94 bits per heavy atom. The fourth-order valence-electron chi connectivity index (χ4n) is 1.82. The molecule has 4 heteroatoms. The Labute approximate surface area is 103 Å². The van der Waals surface area contributed by atoms with Gasteiger partial charge in [0, 0.05) is 16.3 Å². The molecule has 3 rings (SSSR count). The smallest absolute Gasteiger partial charge is 0.256 e. The molecule has 0 radical (unpaired) electrons. The molecule has 2 aromatic rings. The molecule has 1 aliphatic rings. The summed E-state index contributed by atoms with van der Waals surface area (Å²) in [6.07, 6.45) is 3.27. The lowest BCUT2D eigenvalue weighted by molar-refractivity contribution is -0.110. The molecular weight excluding hydrogens is 238 g/mol. The molecule has 0 spiro atoms. The van der Waals surface area contributed by atoms with E-state index in [4.69, 9.17) is 16.0 Å². The van der Waals surface area contributed by atoms with Crippen LogP contribution in [0.25, 0.3) is 11.6 Å². The lowest BCUT2D eigenvalue weighted by Gasteiger charge is -1.98. The maximum atomic E-state index is 11.8. The quantitative estimate of drug-likeness (QED) is 0.782. The number of hydrogen-bond acceptors (Lipinski definition) is 2. The van der Waals surface area contributed by atoms with Crippen LogP contribution in [0.4, 0.5) is 5.69 Å². The Bertz CT molecular complexity index is 614. The van der Waals surface area contributed by atoms with Crippen molar-refractivity contribution in [1.82, 2.24) is 0 Å². The number of carbonyl (C=O) groups excluding carboxylic acids is 1. The maximum absolute atomic E-state index is 11.8. The molecule has 1 aromatic carbocycles. The molecule has 0 bridgehead atoms. The number of halogens is 1. The van der Waals surface area contributed by atoms with Crippen molar-refractivity contribution in [2.24, 2.45) is 0 Å². The third-order valence-electron chi connectivity index (χ3n) is 2.59. The van der Waals surface area contributed by atoms with Crippen LogP contribution in [0.5, 0.6) is 0 Å². The molecule has 0 atom stereocenters. The Balaban J connectivity index is 2.13. The lowest BCUT2D eigenvalue weighted by Crippen LogP contribution is -2.03.